The van der Waals surface area contributed by atoms with Crippen molar-refractivity contribution in [3.05, 3.63) is 287 Å². The number of fused-ring (bicyclic) bond motifs is 20. The van der Waals surface area contributed by atoms with E-state index >= 15 is 0 Å². The molecule has 20 rings (SSSR count). The summed E-state index contributed by atoms with van der Waals surface area (Å²) in [4.78, 5) is 0. The molecule has 14 aromatic rings. The molecular formula is C91H66. The highest BCUT2D eigenvalue weighted by atomic mass is 14.5. The molecule has 0 fully saturated rings. The molecule has 0 aliphatic heterocycles. The third kappa shape index (κ3) is 6.36. The maximum absolute atomic E-state index is 2.58. The van der Waals surface area contributed by atoms with Gasteiger partial charge < -0.3 is 0 Å². The fourth-order valence-corrected chi connectivity index (χ4v) is 19.1. The Balaban J connectivity index is 0.905. The normalized spacial score (nSPS) is 15.7. The third-order valence-electron chi connectivity index (χ3n) is 23.4. The summed E-state index contributed by atoms with van der Waals surface area (Å²) < 4.78 is 0. The van der Waals surface area contributed by atoms with Gasteiger partial charge in [-0.1, -0.05) is 273 Å². The van der Waals surface area contributed by atoms with Gasteiger partial charge in [-0.2, -0.15) is 0 Å². The number of hydrogen-bond donors (Lipinski definition) is 0. The van der Waals surface area contributed by atoms with Gasteiger partial charge >= 0.3 is 0 Å². The van der Waals surface area contributed by atoms with Crippen LogP contribution < -0.4 is 0 Å². The molecular weight excluding hydrogens is 1090 g/mol. The molecule has 0 heterocycles. The van der Waals surface area contributed by atoms with Gasteiger partial charge in [0.2, 0.25) is 0 Å². The van der Waals surface area contributed by atoms with E-state index in [-0.39, 0.29) is 21.7 Å². The van der Waals surface area contributed by atoms with Crippen LogP contribution in [0.3, 0.4) is 0 Å². The predicted octanol–water partition coefficient (Wildman–Crippen LogP) is 24.6. The topological polar surface area (TPSA) is 0 Å². The van der Waals surface area contributed by atoms with Crippen LogP contribution in [0.1, 0.15) is 105 Å². The van der Waals surface area contributed by atoms with Crippen LogP contribution in [0.4, 0.5) is 0 Å². The molecule has 0 heteroatoms. The van der Waals surface area contributed by atoms with Crippen molar-refractivity contribution in [1.29, 1.82) is 0 Å². The average Bonchev–Trinajstić information content (AvgIpc) is 1.52. The van der Waals surface area contributed by atoms with Crippen molar-refractivity contribution in [3.63, 3.8) is 0 Å². The lowest BCUT2D eigenvalue weighted by molar-refractivity contribution is 0.660. The smallest absolute Gasteiger partial charge is 0.0159 e. The van der Waals surface area contributed by atoms with Gasteiger partial charge in [0, 0.05) is 21.7 Å². The molecule has 0 radical (unpaired) electrons. The first-order valence-corrected chi connectivity index (χ1v) is 32.9. The summed E-state index contributed by atoms with van der Waals surface area (Å²) in [6, 6.07) is 93.0. The standard InChI is InChI=1S/C91H66/c1-49-30-35-64-69(44-49)81(53-34-39-61-57-23-15-19-29-73(57)91(8,9)77(61)48-53)87-68-43-42-66-82-65(40-41-67(83(68)82)86(87)80(64)52-33-38-60-56-22-14-18-28-72(56)90(6,7)76(60)47-52)84-78(50-31-36-58-54-20-12-16-26-70(54)88(2,3)74(58)45-50)62-24-10-11-25-63(62)79(85(66)84)51-32-37-59-55-21-13-17-27-71(55)89(4,5)75(59)46-51/h10-48H,1-9H3. The minimum absolute atomic E-state index is 0.165. The summed E-state index contributed by atoms with van der Waals surface area (Å²) in [6.45, 7) is 21.7. The van der Waals surface area contributed by atoms with E-state index in [2.05, 4.69) is 299 Å². The number of hydrogen-bond acceptors (Lipinski definition) is 0. The second-order valence-electron chi connectivity index (χ2n) is 29.4. The van der Waals surface area contributed by atoms with Crippen molar-refractivity contribution in [2.45, 2.75) is 84.0 Å². The highest BCUT2D eigenvalue weighted by Crippen LogP contribution is 2.66. The summed E-state index contributed by atoms with van der Waals surface area (Å²) in [5, 5.41) is 7.87. The van der Waals surface area contributed by atoms with E-state index in [1.54, 1.807) is 0 Å². The van der Waals surface area contributed by atoms with Gasteiger partial charge in [0.15, 0.2) is 0 Å². The Kier molecular flexibility index (Phi) is 9.78. The first kappa shape index (κ1) is 51.7. The van der Waals surface area contributed by atoms with Crippen LogP contribution in [-0.4, -0.2) is 0 Å². The molecule has 6 aliphatic rings. The van der Waals surface area contributed by atoms with E-state index in [0.29, 0.717) is 0 Å². The zero-order chi connectivity index (χ0) is 61.1. The van der Waals surface area contributed by atoms with Crippen LogP contribution in [-0.2, 0) is 21.7 Å². The molecule has 0 unspecified atom stereocenters. The highest BCUT2D eigenvalue weighted by molar-refractivity contribution is 6.35. The van der Waals surface area contributed by atoms with Gasteiger partial charge in [0.25, 0.3) is 0 Å². The quantitative estimate of drug-likeness (QED) is 0.165. The van der Waals surface area contributed by atoms with Crippen molar-refractivity contribution in [2.24, 2.45) is 0 Å². The Morgan fingerprint density at radius 2 is 0.429 bits per heavy atom. The van der Waals surface area contributed by atoms with Crippen molar-refractivity contribution in [3.8, 4) is 134 Å². The Morgan fingerprint density at radius 3 is 0.736 bits per heavy atom. The summed E-state index contributed by atoms with van der Waals surface area (Å²) in [6.07, 6.45) is 0. The summed E-state index contributed by atoms with van der Waals surface area (Å²) in [5.74, 6) is 0. The molecule has 430 valence electrons. The minimum Gasteiger partial charge on any atom is -0.0619 e. The lowest BCUT2D eigenvalue weighted by atomic mass is 9.78. The fraction of sp³-hybridized carbons (Fsp3) is 0.143. The van der Waals surface area contributed by atoms with Crippen LogP contribution in [0.5, 0.6) is 0 Å². The first-order chi connectivity index (χ1) is 44.1. The van der Waals surface area contributed by atoms with Gasteiger partial charge in [0.05, 0.1) is 0 Å². The van der Waals surface area contributed by atoms with Gasteiger partial charge in [-0.25, -0.2) is 0 Å². The molecule has 0 N–H and O–H groups in total. The number of benzene rings is 14. The van der Waals surface area contributed by atoms with Crippen molar-refractivity contribution < 1.29 is 0 Å². The van der Waals surface area contributed by atoms with Crippen molar-refractivity contribution in [2.75, 3.05) is 0 Å². The maximum Gasteiger partial charge on any atom is 0.0159 e. The van der Waals surface area contributed by atoms with Gasteiger partial charge in [-0.15, -0.1) is 0 Å². The van der Waals surface area contributed by atoms with E-state index in [9.17, 15) is 0 Å². The molecule has 14 aromatic carbocycles. The van der Waals surface area contributed by atoms with E-state index < -0.39 is 0 Å². The van der Waals surface area contributed by atoms with Crippen LogP contribution in [0.15, 0.2) is 237 Å². The molecule has 0 amide bonds. The Morgan fingerprint density at radius 1 is 0.187 bits per heavy atom. The minimum atomic E-state index is -0.168. The Hall–Kier alpha value is -10.1. The van der Waals surface area contributed by atoms with E-state index in [1.807, 2.05) is 0 Å². The van der Waals surface area contributed by atoms with Crippen LogP contribution in [0.25, 0.3) is 166 Å². The zero-order valence-electron chi connectivity index (χ0n) is 53.0. The lowest BCUT2D eigenvalue weighted by Gasteiger charge is -2.25. The van der Waals surface area contributed by atoms with E-state index in [4.69, 9.17) is 0 Å². The average molecular weight is 1160 g/mol. The summed E-state index contributed by atoms with van der Waals surface area (Å²) in [5.41, 5.74) is 43.4. The Bertz CT molecular complexity index is 5600. The van der Waals surface area contributed by atoms with Gasteiger partial charge in [-0.3, -0.25) is 0 Å². The first-order valence-electron chi connectivity index (χ1n) is 32.9. The molecule has 0 aromatic heterocycles. The van der Waals surface area contributed by atoms with Gasteiger partial charge in [0.1, 0.15) is 0 Å². The largest absolute Gasteiger partial charge is 0.0619 e. The lowest BCUT2D eigenvalue weighted by Crippen LogP contribution is -2.15. The second kappa shape index (κ2) is 17.2. The molecule has 0 atom stereocenters. The number of rotatable bonds is 4. The van der Waals surface area contributed by atoms with Crippen molar-refractivity contribution >= 4 is 32.3 Å². The summed E-state index contributed by atoms with van der Waals surface area (Å²) in [7, 11) is 0. The molecule has 0 saturated heterocycles. The SMILES string of the molecule is Cc1ccc2c(-c3ccc4c(c3)C(C)(C)c3ccccc3-4)c3c(c(-c4ccc5c(c4)C(C)(C)c4ccccc4-5)c2c1)-c1ccc2c4c(ccc-3c14)-c1c-2c(-c2ccc3c(c2)C(C)(C)c2ccccc2-3)c2ccccc2c1-c1ccc2c(c1)C(C)(C)c1ccccc1-2. The highest BCUT2D eigenvalue weighted by Gasteiger charge is 2.43. The number of aryl methyl sites for hydroxylation is 1. The predicted molar refractivity (Wildman–Crippen MR) is 385 cm³/mol. The zero-order valence-corrected chi connectivity index (χ0v) is 53.0. The second-order valence-corrected chi connectivity index (χ2v) is 29.4. The fourth-order valence-electron chi connectivity index (χ4n) is 19.1. The molecule has 6 aliphatic carbocycles. The van der Waals surface area contributed by atoms with Crippen molar-refractivity contribution in [1.82, 2.24) is 0 Å². The molecule has 0 spiro atoms. The molecule has 91 heavy (non-hydrogen) atoms. The molecule has 0 nitrogen and oxygen atoms in total. The summed E-state index contributed by atoms with van der Waals surface area (Å²) >= 11 is 0. The van der Waals surface area contributed by atoms with Gasteiger partial charge in [-0.05, 0) is 242 Å². The maximum atomic E-state index is 2.58. The monoisotopic (exact) mass is 1160 g/mol. The molecule has 0 saturated carbocycles. The van der Waals surface area contributed by atoms with Crippen LogP contribution >= 0.6 is 0 Å². The van der Waals surface area contributed by atoms with Crippen LogP contribution in [0.2, 0.25) is 0 Å². The van der Waals surface area contributed by atoms with E-state index in [1.165, 1.54) is 216 Å². The van der Waals surface area contributed by atoms with Crippen LogP contribution in [0, 0.1) is 6.92 Å². The Labute approximate surface area is 533 Å². The third-order valence-corrected chi connectivity index (χ3v) is 23.4. The van der Waals surface area contributed by atoms with E-state index in [0.717, 1.165) is 0 Å². The molecule has 0 bridgehead atoms.